The van der Waals surface area contributed by atoms with Gasteiger partial charge in [0.2, 0.25) is 0 Å². The molecule has 2 heterocycles. The van der Waals surface area contributed by atoms with Gasteiger partial charge < -0.3 is 15.4 Å². The molecule has 0 bridgehead atoms. The topological polar surface area (TPSA) is 95.8 Å². The molecule has 1 aromatic carbocycles. The minimum Gasteiger partial charge on any atom is -0.378 e. The number of nitrogens with zero attached hydrogens (tertiary/aromatic N) is 3. The van der Waals surface area contributed by atoms with Crippen LogP contribution in [-0.2, 0) is 11.8 Å². The third kappa shape index (κ3) is 3.88. The largest absolute Gasteiger partial charge is 0.378 e. The average Bonchev–Trinajstić information content (AvgIpc) is 3.19. The SMILES string of the molecule is CC(C)CC(NC(=O)C(O)c1cnn(C)c1)c1nc2ccccc2[nH]1. The van der Waals surface area contributed by atoms with Gasteiger partial charge in [-0.05, 0) is 24.5 Å². The zero-order valence-electron chi connectivity index (χ0n) is 14.6. The third-order valence-electron chi connectivity index (χ3n) is 4.05. The highest BCUT2D eigenvalue weighted by molar-refractivity contribution is 5.82. The minimum atomic E-state index is -1.26. The zero-order valence-corrected chi connectivity index (χ0v) is 14.6. The quantitative estimate of drug-likeness (QED) is 0.641. The van der Waals surface area contributed by atoms with Gasteiger partial charge in [-0.25, -0.2) is 4.98 Å². The van der Waals surface area contributed by atoms with E-state index in [1.807, 2.05) is 24.3 Å². The molecule has 2 aromatic heterocycles. The molecule has 3 aromatic rings. The number of para-hydroxylation sites is 2. The highest BCUT2D eigenvalue weighted by Crippen LogP contribution is 2.23. The number of amides is 1. The molecule has 1 amide bonds. The fourth-order valence-electron chi connectivity index (χ4n) is 2.83. The summed E-state index contributed by atoms with van der Waals surface area (Å²) in [6.07, 6.45) is 2.57. The van der Waals surface area contributed by atoms with Crippen molar-refractivity contribution in [2.75, 3.05) is 0 Å². The smallest absolute Gasteiger partial charge is 0.254 e. The first kappa shape index (κ1) is 17.2. The third-order valence-corrected chi connectivity index (χ3v) is 4.05. The van der Waals surface area contributed by atoms with E-state index < -0.39 is 12.0 Å². The first-order valence-corrected chi connectivity index (χ1v) is 8.35. The number of H-pyrrole nitrogens is 1. The molecule has 2 unspecified atom stereocenters. The Balaban J connectivity index is 1.81. The summed E-state index contributed by atoms with van der Waals surface area (Å²) in [6, 6.07) is 7.44. The minimum absolute atomic E-state index is 0.300. The van der Waals surface area contributed by atoms with E-state index in [4.69, 9.17) is 0 Å². The van der Waals surface area contributed by atoms with Gasteiger partial charge in [0.05, 0.1) is 23.3 Å². The number of aryl methyl sites for hydroxylation is 1. The van der Waals surface area contributed by atoms with Crippen molar-refractivity contribution in [2.45, 2.75) is 32.4 Å². The summed E-state index contributed by atoms with van der Waals surface area (Å²) in [4.78, 5) is 20.3. The van der Waals surface area contributed by atoms with Gasteiger partial charge >= 0.3 is 0 Å². The molecule has 3 rings (SSSR count). The molecular formula is C18H23N5O2. The second-order valence-corrected chi connectivity index (χ2v) is 6.68. The molecule has 3 N–H and O–H groups in total. The second kappa shape index (κ2) is 7.06. The van der Waals surface area contributed by atoms with Crippen molar-refractivity contribution >= 4 is 16.9 Å². The average molecular weight is 341 g/mol. The normalized spacial score (nSPS) is 14.0. The van der Waals surface area contributed by atoms with Crippen LogP contribution in [0.4, 0.5) is 0 Å². The Bertz CT molecular complexity index is 834. The van der Waals surface area contributed by atoms with Gasteiger partial charge in [0.25, 0.3) is 5.91 Å². The highest BCUT2D eigenvalue weighted by atomic mass is 16.3. The molecule has 132 valence electrons. The van der Waals surface area contributed by atoms with E-state index in [0.29, 0.717) is 23.7 Å². The zero-order chi connectivity index (χ0) is 18.0. The summed E-state index contributed by atoms with van der Waals surface area (Å²) in [5.41, 5.74) is 2.24. The number of aliphatic hydroxyl groups is 1. The Morgan fingerprint density at radius 2 is 2.12 bits per heavy atom. The Morgan fingerprint density at radius 3 is 2.76 bits per heavy atom. The lowest BCUT2D eigenvalue weighted by Crippen LogP contribution is -2.34. The van der Waals surface area contributed by atoms with Crippen LogP contribution in [0.1, 0.15) is 43.8 Å². The summed E-state index contributed by atoms with van der Waals surface area (Å²) < 4.78 is 1.55. The Morgan fingerprint density at radius 1 is 1.36 bits per heavy atom. The van der Waals surface area contributed by atoms with Gasteiger partial charge in [-0.2, -0.15) is 5.10 Å². The van der Waals surface area contributed by atoms with E-state index in [1.54, 1.807) is 17.9 Å². The van der Waals surface area contributed by atoms with Crippen LogP contribution in [0.3, 0.4) is 0 Å². The van der Waals surface area contributed by atoms with Gasteiger partial charge in [0, 0.05) is 18.8 Å². The summed E-state index contributed by atoms with van der Waals surface area (Å²) in [5.74, 6) is 0.592. The van der Waals surface area contributed by atoms with E-state index >= 15 is 0 Å². The number of aliphatic hydroxyl groups excluding tert-OH is 1. The number of rotatable bonds is 6. The standard InChI is InChI=1S/C18H23N5O2/c1-11(2)8-15(17-20-13-6-4-5-7-14(13)21-17)22-18(25)16(24)12-9-19-23(3)10-12/h4-7,9-11,15-16,24H,8H2,1-3H3,(H,20,21)(H,22,25). The molecule has 0 fully saturated rings. The molecule has 0 radical (unpaired) electrons. The lowest BCUT2D eigenvalue weighted by Gasteiger charge is -2.20. The number of benzene rings is 1. The van der Waals surface area contributed by atoms with Crippen LogP contribution < -0.4 is 5.32 Å². The monoisotopic (exact) mass is 341 g/mol. The van der Waals surface area contributed by atoms with Gasteiger partial charge in [-0.15, -0.1) is 0 Å². The van der Waals surface area contributed by atoms with E-state index in [9.17, 15) is 9.90 Å². The number of carbonyl (C=O) groups excluding carboxylic acids is 1. The maximum absolute atomic E-state index is 12.5. The van der Waals surface area contributed by atoms with Crippen LogP contribution in [0.5, 0.6) is 0 Å². The molecule has 0 aliphatic heterocycles. The summed E-state index contributed by atoms with van der Waals surface area (Å²) >= 11 is 0. The fourth-order valence-corrected chi connectivity index (χ4v) is 2.83. The maximum atomic E-state index is 12.5. The molecule has 0 saturated carbocycles. The van der Waals surface area contributed by atoms with E-state index in [2.05, 4.69) is 34.2 Å². The predicted octanol–water partition coefficient (Wildman–Crippen LogP) is 2.23. The van der Waals surface area contributed by atoms with E-state index in [0.717, 1.165) is 11.0 Å². The molecule has 7 heteroatoms. The first-order valence-electron chi connectivity index (χ1n) is 8.35. The lowest BCUT2D eigenvalue weighted by molar-refractivity contribution is -0.130. The number of imidazole rings is 1. The van der Waals surface area contributed by atoms with E-state index in [1.165, 1.54) is 6.20 Å². The van der Waals surface area contributed by atoms with Crippen LogP contribution in [0.25, 0.3) is 11.0 Å². The summed E-state index contributed by atoms with van der Waals surface area (Å²) in [6.45, 7) is 4.17. The molecule has 0 aliphatic rings. The summed E-state index contributed by atoms with van der Waals surface area (Å²) in [5, 5.41) is 17.2. The fraction of sp³-hybridized carbons (Fsp3) is 0.389. The van der Waals surface area contributed by atoms with Gasteiger partial charge in [-0.3, -0.25) is 9.48 Å². The van der Waals surface area contributed by atoms with E-state index in [-0.39, 0.29) is 6.04 Å². The van der Waals surface area contributed by atoms with Crippen LogP contribution >= 0.6 is 0 Å². The summed E-state index contributed by atoms with van der Waals surface area (Å²) in [7, 11) is 1.74. The molecule has 0 aliphatic carbocycles. The second-order valence-electron chi connectivity index (χ2n) is 6.68. The first-order chi connectivity index (χ1) is 11.9. The number of nitrogens with one attached hydrogen (secondary N) is 2. The maximum Gasteiger partial charge on any atom is 0.254 e. The van der Waals surface area contributed by atoms with Crippen molar-refractivity contribution in [1.29, 1.82) is 0 Å². The van der Waals surface area contributed by atoms with Crippen molar-refractivity contribution < 1.29 is 9.90 Å². The number of hydrogen-bond acceptors (Lipinski definition) is 4. The predicted molar refractivity (Wildman–Crippen MR) is 94.6 cm³/mol. The van der Waals surface area contributed by atoms with Gasteiger partial charge in [0.1, 0.15) is 5.82 Å². The Kier molecular flexibility index (Phi) is 4.85. The molecule has 0 spiro atoms. The number of aromatic nitrogens is 4. The van der Waals surface area contributed by atoms with Crippen LogP contribution in [0.15, 0.2) is 36.7 Å². The number of hydrogen-bond donors (Lipinski definition) is 3. The molecular weight excluding hydrogens is 318 g/mol. The van der Waals surface area contributed by atoms with Gasteiger partial charge in [-0.1, -0.05) is 26.0 Å². The molecule has 25 heavy (non-hydrogen) atoms. The van der Waals surface area contributed by atoms with Crippen molar-refractivity contribution in [1.82, 2.24) is 25.1 Å². The highest BCUT2D eigenvalue weighted by Gasteiger charge is 2.25. The van der Waals surface area contributed by atoms with Crippen molar-refractivity contribution in [2.24, 2.45) is 13.0 Å². The van der Waals surface area contributed by atoms with Crippen LogP contribution in [0.2, 0.25) is 0 Å². The number of aromatic amines is 1. The molecule has 0 saturated heterocycles. The van der Waals surface area contributed by atoms with Crippen LogP contribution in [0, 0.1) is 5.92 Å². The van der Waals surface area contributed by atoms with Crippen molar-refractivity contribution in [3.63, 3.8) is 0 Å². The number of fused-ring (bicyclic) bond motifs is 1. The number of carbonyl (C=O) groups is 1. The van der Waals surface area contributed by atoms with Crippen molar-refractivity contribution in [3.05, 3.63) is 48.0 Å². The molecule has 2 atom stereocenters. The van der Waals surface area contributed by atoms with Crippen molar-refractivity contribution in [3.8, 4) is 0 Å². The molecule has 7 nitrogen and oxygen atoms in total. The van der Waals surface area contributed by atoms with Crippen LogP contribution in [-0.4, -0.2) is 30.8 Å². The lowest BCUT2D eigenvalue weighted by atomic mass is 10.0. The Hall–Kier alpha value is -2.67. The Labute approximate surface area is 146 Å². The van der Waals surface area contributed by atoms with Gasteiger partial charge in [0.15, 0.2) is 6.10 Å².